The minimum absolute atomic E-state index is 0.181. The van der Waals surface area contributed by atoms with E-state index in [0.717, 1.165) is 29.7 Å². The Morgan fingerprint density at radius 1 is 1.24 bits per heavy atom. The first-order valence-electron chi connectivity index (χ1n) is 8.15. The highest BCUT2D eigenvalue weighted by Gasteiger charge is 2.21. The Hall–Kier alpha value is -2.34. The Bertz CT molecular complexity index is 777. The summed E-state index contributed by atoms with van der Waals surface area (Å²) in [5, 5.41) is 7.09. The number of carbonyl (C=O) groups is 2. The maximum atomic E-state index is 12.2. The number of halogens is 1. The molecule has 0 aliphatic rings. The molecule has 0 aliphatic heterocycles. The fraction of sp³-hybridized carbons (Fsp3) is 0.389. The van der Waals surface area contributed by atoms with E-state index < -0.39 is 5.97 Å². The molecule has 0 unspecified atom stereocenters. The molecule has 1 aromatic carbocycles. The van der Waals surface area contributed by atoms with E-state index in [0.29, 0.717) is 5.69 Å². The fourth-order valence-corrected chi connectivity index (χ4v) is 2.90. The van der Waals surface area contributed by atoms with Crippen molar-refractivity contribution in [3.05, 3.63) is 45.7 Å². The molecule has 1 amide bonds. The molecule has 6 nitrogen and oxygen atoms in total. The number of anilines is 1. The van der Waals surface area contributed by atoms with Crippen LogP contribution < -0.4 is 5.32 Å². The minimum Gasteiger partial charge on any atom is -0.452 e. The van der Waals surface area contributed by atoms with Crippen LogP contribution in [0.1, 0.15) is 41.0 Å². The lowest BCUT2D eigenvalue weighted by Gasteiger charge is -2.14. The summed E-state index contributed by atoms with van der Waals surface area (Å²) < 4.78 is 6.48. The molecule has 0 fully saturated rings. The van der Waals surface area contributed by atoms with Crippen LogP contribution >= 0.6 is 11.6 Å². The van der Waals surface area contributed by atoms with Crippen LogP contribution in [0.5, 0.6) is 0 Å². The zero-order valence-corrected chi connectivity index (χ0v) is 15.6. The van der Waals surface area contributed by atoms with Crippen molar-refractivity contribution in [2.24, 2.45) is 7.05 Å². The number of aromatic nitrogens is 2. The topological polar surface area (TPSA) is 73.2 Å². The van der Waals surface area contributed by atoms with Crippen LogP contribution in [0.3, 0.4) is 0 Å². The number of esters is 1. The SMILES string of the molecule is CCc1cccc(CC)c1NC(=O)COC(=O)c1c(C)nn(C)c1Cl. The summed E-state index contributed by atoms with van der Waals surface area (Å²) in [5.74, 6) is -1.05. The molecule has 2 aromatic rings. The summed E-state index contributed by atoms with van der Waals surface area (Å²) in [6.45, 7) is 5.33. The van der Waals surface area contributed by atoms with E-state index in [1.54, 1.807) is 14.0 Å². The monoisotopic (exact) mass is 363 g/mol. The van der Waals surface area contributed by atoms with Gasteiger partial charge in [-0.3, -0.25) is 9.48 Å². The molecule has 0 aliphatic carbocycles. The third kappa shape index (κ3) is 4.20. The second-order valence-electron chi connectivity index (χ2n) is 5.66. The normalized spacial score (nSPS) is 10.6. The average molecular weight is 364 g/mol. The summed E-state index contributed by atoms with van der Waals surface area (Å²) in [7, 11) is 1.63. The van der Waals surface area contributed by atoms with Gasteiger partial charge in [-0.25, -0.2) is 4.79 Å². The van der Waals surface area contributed by atoms with Crippen LogP contribution in [-0.2, 0) is 29.4 Å². The summed E-state index contributed by atoms with van der Waals surface area (Å²) in [5.41, 5.74) is 3.53. The van der Waals surface area contributed by atoms with Gasteiger partial charge in [-0.15, -0.1) is 0 Å². The summed E-state index contributed by atoms with van der Waals surface area (Å²) in [6.07, 6.45) is 1.60. The first-order valence-corrected chi connectivity index (χ1v) is 8.53. The highest BCUT2D eigenvalue weighted by molar-refractivity contribution is 6.32. The maximum Gasteiger partial charge on any atom is 0.343 e. The number of hydrogen-bond donors (Lipinski definition) is 1. The van der Waals surface area contributed by atoms with Gasteiger partial charge in [0.25, 0.3) is 5.91 Å². The largest absolute Gasteiger partial charge is 0.452 e. The second-order valence-corrected chi connectivity index (χ2v) is 6.02. The van der Waals surface area contributed by atoms with Gasteiger partial charge in [-0.1, -0.05) is 43.6 Å². The Kier molecular flexibility index (Phi) is 6.20. The number of hydrogen-bond acceptors (Lipinski definition) is 4. The van der Waals surface area contributed by atoms with Gasteiger partial charge >= 0.3 is 5.97 Å². The summed E-state index contributed by atoms with van der Waals surface area (Å²) in [4.78, 5) is 24.4. The standard InChI is InChI=1S/C18H22ClN3O3/c1-5-12-8-7-9-13(6-2)16(12)20-14(23)10-25-18(24)15-11(3)21-22(4)17(15)19/h7-9H,5-6,10H2,1-4H3,(H,20,23). The van der Waals surface area contributed by atoms with Gasteiger partial charge < -0.3 is 10.1 Å². The lowest BCUT2D eigenvalue weighted by Crippen LogP contribution is -2.22. The Balaban J connectivity index is 2.05. The zero-order chi connectivity index (χ0) is 18.6. The maximum absolute atomic E-state index is 12.2. The molecule has 25 heavy (non-hydrogen) atoms. The molecular formula is C18H22ClN3O3. The van der Waals surface area contributed by atoms with Crippen LogP contribution in [0, 0.1) is 6.92 Å². The van der Waals surface area contributed by atoms with Gasteiger partial charge in [0, 0.05) is 12.7 Å². The molecule has 1 N–H and O–H groups in total. The molecule has 134 valence electrons. The van der Waals surface area contributed by atoms with E-state index in [9.17, 15) is 9.59 Å². The predicted octanol–water partition coefficient (Wildman–Crippen LogP) is 3.30. The van der Waals surface area contributed by atoms with E-state index in [2.05, 4.69) is 10.4 Å². The van der Waals surface area contributed by atoms with Gasteiger partial charge in [0.2, 0.25) is 0 Å². The number of para-hydroxylation sites is 1. The quantitative estimate of drug-likeness (QED) is 0.799. The Morgan fingerprint density at radius 2 is 1.84 bits per heavy atom. The van der Waals surface area contributed by atoms with Gasteiger partial charge in [-0.05, 0) is 30.9 Å². The number of aryl methyl sites for hydroxylation is 4. The van der Waals surface area contributed by atoms with Crippen molar-refractivity contribution >= 4 is 29.2 Å². The van der Waals surface area contributed by atoms with Gasteiger partial charge in [0.1, 0.15) is 10.7 Å². The molecule has 1 aromatic heterocycles. The van der Waals surface area contributed by atoms with Gasteiger partial charge in [0.15, 0.2) is 6.61 Å². The molecule has 0 radical (unpaired) electrons. The van der Waals surface area contributed by atoms with Gasteiger partial charge in [-0.2, -0.15) is 5.10 Å². The predicted molar refractivity (Wildman–Crippen MR) is 97.1 cm³/mol. The van der Waals surface area contributed by atoms with Gasteiger partial charge in [0.05, 0.1) is 5.69 Å². The number of amides is 1. The summed E-state index contributed by atoms with van der Waals surface area (Å²) >= 11 is 6.03. The Morgan fingerprint density at radius 3 is 2.32 bits per heavy atom. The smallest absolute Gasteiger partial charge is 0.343 e. The average Bonchev–Trinajstić information content (AvgIpc) is 2.85. The van der Waals surface area contributed by atoms with E-state index in [1.165, 1.54) is 4.68 Å². The fourth-order valence-electron chi connectivity index (χ4n) is 2.64. The van der Waals surface area contributed by atoms with Crippen LogP contribution in [0.2, 0.25) is 5.15 Å². The van der Waals surface area contributed by atoms with Crippen LogP contribution in [-0.4, -0.2) is 28.3 Å². The summed E-state index contributed by atoms with van der Waals surface area (Å²) in [6, 6.07) is 5.92. The molecule has 0 saturated carbocycles. The lowest BCUT2D eigenvalue weighted by atomic mass is 10.0. The molecule has 0 bridgehead atoms. The van der Waals surface area contributed by atoms with Crippen LogP contribution in [0.4, 0.5) is 5.69 Å². The zero-order valence-electron chi connectivity index (χ0n) is 14.9. The molecule has 1 heterocycles. The molecule has 2 rings (SSSR count). The number of rotatable bonds is 6. The van der Waals surface area contributed by atoms with Crippen molar-refractivity contribution in [2.75, 3.05) is 11.9 Å². The molecule has 7 heteroatoms. The van der Waals surface area contributed by atoms with Crippen molar-refractivity contribution in [1.82, 2.24) is 9.78 Å². The molecule has 0 saturated heterocycles. The molecular weight excluding hydrogens is 342 g/mol. The number of nitrogens with one attached hydrogen (secondary N) is 1. The van der Waals surface area contributed by atoms with Crippen molar-refractivity contribution in [3.63, 3.8) is 0 Å². The number of ether oxygens (including phenoxy) is 1. The van der Waals surface area contributed by atoms with Crippen molar-refractivity contribution in [1.29, 1.82) is 0 Å². The highest BCUT2D eigenvalue weighted by atomic mass is 35.5. The Labute approximate surface area is 152 Å². The van der Waals surface area contributed by atoms with E-state index >= 15 is 0 Å². The lowest BCUT2D eigenvalue weighted by molar-refractivity contribution is -0.119. The third-order valence-electron chi connectivity index (χ3n) is 3.95. The molecule has 0 spiro atoms. The van der Waals surface area contributed by atoms with E-state index in [4.69, 9.17) is 16.3 Å². The minimum atomic E-state index is -0.662. The van der Waals surface area contributed by atoms with Crippen LogP contribution in [0.15, 0.2) is 18.2 Å². The van der Waals surface area contributed by atoms with Crippen LogP contribution in [0.25, 0.3) is 0 Å². The van der Waals surface area contributed by atoms with Crippen molar-refractivity contribution in [2.45, 2.75) is 33.6 Å². The number of benzene rings is 1. The first-order chi connectivity index (χ1) is 11.9. The number of carbonyl (C=O) groups excluding carboxylic acids is 2. The first kappa shape index (κ1) is 19.0. The molecule has 0 atom stereocenters. The number of nitrogens with zero attached hydrogens (tertiary/aromatic N) is 2. The third-order valence-corrected chi connectivity index (χ3v) is 4.39. The highest BCUT2D eigenvalue weighted by Crippen LogP contribution is 2.23. The van der Waals surface area contributed by atoms with Crippen molar-refractivity contribution < 1.29 is 14.3 Å². The second kappa shape index (κ2) is 8.16. The van der Waals surface area contributed by atoms with Crippen molar-refractivity contribution in [3.8, 4) is 0 Å². The van der Waals surface area contributed by atoms with E-state index in [1.807, 2.05) is 32.0 Å². The van der Waals surface area contributed by atoms with E-state index in [-0.39, 0.29) is 23.2 Å².